The summed E-state index contributed by atoms with van der Waals surface area (Å²) >= 11 is 1.50. The van der Waals surface area contributed by atoms with E-state index in [1.807, 2.05) is 61.2 Å². The fourth-order valence-corrected chi connectivity index (χ4v) is 3.99. The quantitative estimate of drug-likeness (QED) is 0.596. The molecule has 3 aromatic rings. The molecule has 0 atom stereocenters. The molecule has 1 amide bonds. The molecule has 0 unspecified atom stereocenters. The predicted octanol–water partition coefficient (Wildman–Crippen LogP) is 4.71. The Labute approximate surface area is 164 Å². The maximum absolute atomic E-state index is 13.1. The normalized spacial score (nSPS) is 10.6. The van der Waals surface area contributed by atoms with E-state index in [4.69, 9.17) is 4.74 Å². The van der Waals surface area contributed by atoms with Crippen LogP contribution in [0.15, 0.2) is 54.6 Å². The van der Waals surface area contributed by atoms with Crippen molar-refractivity contribution in [1.29, 1.82) is 0 Å². The maximum atomic E-state index is 13.1. The Bertz CT molecular complexity index is 888. The molecule has 0 aliphatic carbocycles. The van der Waals surface area contributed by atoms with Gasteiger partial charge in [0.05, 0.1) is 17.8 Å². The number of aryl methyl sites for hydroxylation is 1. The number of ether oxygens (including phenoxy) is 1. The third kappa shape index (κ3) is 4.74. The molecular formula is C22H24N2O2S. The van der Waals surface area contributed by atoms with Crippen molar-refractivity contribution in [3.63, 3.8) is 0 Å². The zero-order valence-electron chi connectivity index (χ0n) is 15.9. The summed E-state index contributed by atoms with van der Waals surface area (Å²) in [7, 11) is 1.65. The lowest BCUT2D eigenvalue weighted by molar-refractivity contribution is 0.0756. The van der Waals surface area contributed by atoms with E-state index >= 15 is 0 Å². The molecular weight excluding hydrogens is 356 g/mol. The summed E-state index contributed by atoms with van der Waals surface area (Å²) in [4.78, 5) is 20.3. The molecule has 3 rings (SSSR count). The van der Waals surface area contributed by atoms with Crippen molar-refractivity contribution in [1.82, 2.24) is 9.88 Å². The number of thiazole rings is 1. The van der Waals surface area contributed by atoms with Crippen molar-refractivity contribution in [2.45, 2.75) is 26.8 Å². The lowest BCUT2D eigenvalue weighted by Crippen LogP contribution is -2.30. The lowest BCUT2D eigenvalue weighted by Gasteiger charge is -2.20. The first-order valence-corrected chi connectivity index (χ1v) is 9.84. The summed E-state index contributed by atoms with van der Waals surface area (Å²) in [5.41, 5.74) is 3.10. The second-order valence-corrected chi connectivity index (χ2v) is 7.44. The molecule has 0 saturated heterocycles. The van der Waals surface area contributed by atoms with Crippen molar-refractivity contribution in [3.8, 4) is 5.75 Å². The van der Waals surface area contributed by atoms with Crippen LogP contribution >= 0.6 is 11.3 Å². The summed E-state index contributed by atoms with van der Waals surface area (Å²) in [5, 5.41) is 0.975. The Morgan fingerprint density at radius 2 is 1.78 bits per heavy atom. The third-order valence-electron chi connectivity index (χ3n) is 4.43. The number of amides is 1. The molecule has 1 heterocycles. The highest BCUT2D eigenvalue weighted by Crippen LogP contribution is 2.23. The topological polar surface area (TPSA) is 42.4 Å². The van der Waals surface area contributed by atoms with Crippen molar-refractivity contribution < 1.29 is 9.53 Å². The number of benzene rings is 2. The van der Waals surface area contributed by atoms with E-state index in [-0.39, 0.29) is 5.91 Å². The predicted molar refractivity (Wildman–Crippen MR) is 110 cm³/mol. The van der Waals surface area contributed by atoms with Gasteiger partial charge in [-0.3, -0.25) is 4.79 Å². The Kier molecular flexibility index (Phi) is 6.24. The molecule has 2 aromatic carbocycles. The monoisotopic (exact) mass is 380 g/mol. The van der Waals surface area contributed by atoms with Crippen LogP contribution in [0.5, 0.6) is 5.75 Å². The highest BCUT2D eigenvalue weighted by molar-refractivity contribution is 7.13. The molecule has 0 fully saturated rings. The minimum Gasteiger partial charge on any atom is -0.497 e. The van der Waals surface area contributed by atoms with Crippen LogP contribution in [0.3, 0.4) is 0 Å². The van der Waals surface area contributed by atoms with Crippen molar-refractivity contribution >= 4 is 17.2 Å². The Morgan fingerprint density at radius 1 is 1.07 bits per heavy atom. The molecule has 140 valence electrons. The molecule has 1 aromatic heterocycles. The molecule has 0 bridgehead atoms. The second kappa shape index (κ2) is 8.82. The number of rotatable bonds is 7. The van der Waals surface area contributed by atoms with Gasteiger partial charge in [0.15, 0.2) is 0 Å². The SMILES string of the molecule is CCN(Cc1ccc(OC)cc1)C(=O)c1sc(Cc2ccccc2)nc1C. The van der Waals surface area contributed by atoms with Gasteiger partial charge in [-0.1, -0.05) is 42.5 Å². The van der Waals surface area contributed by atoms with Gasteiger partial charge in [0.2, 0.25) is 0 Å². The number of methoxy groups -OCH3 is 1. The molecule has 0 spiro atoms. The van der Waals surface area contributed by atoms with Gasteiger partial charge >= 0.3 is 0 Å². The van der Waals surface area contributed by atoms with E-state index in [0.717, 1.165) is 33.3 Å². The number of hydrogen-bond donors (Lipinski definition) is 0. The lowest BCUT2D eigenvalue weighted by atomic mass is 10.2. The van der Waals surface area contributed by atoms with Crippen molar-refractivity contribution in [2.75, 3.05) is 13.7 Å². The standard InChI is InChI=1S/C22H24N2O2S/c1-4-24(15-18-10-12-19(26-3)13-11-18)22(25)21-16(2)23-20(27-21)14-17-8-6-5-7-9-17/h5-13H,4,14-15H2,1-3H3. The van der Waals surface area contributed by atoms with Gasteiger partial charge in [-0.25, -0.2) is 4.98 Å². The van der Waals surface area contributed by atoms with Gasteiger partial charge in [-0.05, 0) is 37.1 Å². The van der Waals surface area contributed by atoms with Crippen LogP contribution in [0.4, 0.5) is 0 Å². The summed E-state index contributed by atoms with van der Waals surface area (Å²) < 4.78 is 5.20. The smallest absolute Gasteiger partial charge is 0.266 e. The van der Waals surface area contributed by atoms with Gasteiger partial charge < -0.3 is 9.64 Å². The van der Waals surface area contributed by atoms with Gasteiger partial charge in [-0.15, -0.1) is 11.3 Å². The summed E-state index contributed by atoms with van der Waals surface area (Å²) in [5.74, 6) is 0.861. The number of nitrogens with zero attached hydrogens (tertiary/aromatic N) is 2. The minimum absolute atomic E-state index is 0.0441. The van der Waals surface area contributed by atoms with E-state index in [2.05, 4.69) is 17.1 Å². The van der Waals surface area contributed by atoms with Crippen LogP contribution in [-0.2, 0) is 13.0 Å². The molecule has 27 heavy (non-hydrogen) atoms. The van der Waals surface area contributed by atoms with E-state index in [0.29, 0.717) is 13.1 Å². The summed E-state index contributed by atoms with van der Waals surface area (Å²) in [6, 6.07) is 18.0. The summed E-state index contributed by atoms with van der Waals surface area (Å²) in [6.07, 6.45) is 0.754. The molecule has 0 aliphatic heterocycles. The summed E-state index contributed by atoms with van der Waals surface area (Å²) in [6.45, 7) is 5.14. The number of hydrogen-bond acceptors (Lipinski definition) is 4. The average Bonchev–Trinajstić information content (AvgIpc) is 3.06. The van der Waals surface area contributed by atoms with Gasteiger partial charge in [-0.2, -0.15) is 0 Å². The molecule has 0 aliphatic rings. The minimum atomic E-state index is 0.0441. The van der Waals surface area contributed by atoms with Crippen molar-refractivity contribution in [2.24, 2.45) is 0 Å². The van der Waals surface area contributed by atoms with Crippen LogP contribution < -0.4 is 4.74 Å². The van der Waals surface area contributed by atoms with E-state index in [1.165, 1.54) is 16.9 Å². The molecule has 4 nitrogen and oxygen atoms in total. The van der Waals surface area contributed by atoms with Crippen molar-refractivity contribution in [3.05, 3.63) is 81.3 Å². The number of carbonyl (C=O) groups excluding carboxylic acids is 1. The zero-order chi connectivity index (χ0) is 19.2. The fourth-order valence-electron chi connectivity index (χ4n) is 2.92. The zero-order valence-corrected chi connectivity index (χ0v) is 16.8. The van der Waals surface area contributed by atoms with Gasteiger partial charge in [0, 0.05) is 19.5 Å². The van der Waals surface area contributed by atoms with Crippen LogP contribution in [0.2, 0.25) is 0 Å². The van der Waals surface area contributed by atoms with Gasteiger partial charge in [0.25, 0.3) is 5.91 Å². The number of aromatic nitrogens is 1. The third-order valence-corrected chi connectivity index (χ3v) is 5.58. The first-order valence-electron chi connectivity index (χ1n) is 9.03. The molecule has 5 heteroatoms. The van der Waals surface area contributed by atoms with E-state index < -0.39 is 0 Å². The van der Waals surface area contributed by atoms with Gasteiger partial charge in [0.1, 0.15) is 10.6 Å². The van der Waals surface area contributed by atoms with E-state index in [1.54, 1.807) is 7.11 Å². The second-order valence-electron chi connectivity index (χ2n) is 6.35. The Morgan fingerprint density at radius 3 is 2.41 bits per heavy atom. The first kappa shape index (κ1) is 19.1. The average molecular weight is 381 g/mol. The molecule has 0 N–H and O–H groups in total. The van der Waals surface area contributed by atoms with Crippen LogP contribution in [0.1, 0.15) is 38.4 Å². The van der Waals surface area contributed by atoms with Crippen LogP contribution in [-0.4, -0.2) is 29.4 Å². The highest BCUT2D eigenvalue weighted by Gasteiger charge is 2.21. The fraction of sp³-hybridized carbons (Fsp3) is 0.273. The van der Waals surface area contributed by atoms with Crippen LogP contribution in [0, 0.1) is 6.92 Å². The Hall–Kier alpha value is -2.66. The largest absolute Gasteiger partial charge is 0.497 e. The molecule has 0 radical (unpaired) electrons. The number of carbonyl (C=O) groups is 1. The maximum Gasteiger partial charge on any atom is 0.266 e. The first-order chi connectivity index (χ1) is 13.1. The highest BCUT2D eigenvalue weighted by atomic mass is 32.1. The Balaban J connectivity index is 1.74. The van der Waals surface area contributed by atoms with Crippen LogP contribution in [0.25, 0.3) is 0 Å². The van der Waals surface area contributed by atoms with E-state index in [9.17, 15) is 4.79 Å². The molecule has 0 saturated carbocycles.